The van der Waals surface area contributed by atoms with Gasteiger partial charge in [0, 0.05) is 6.54 Å². The third kappa shape index (κ3) is 2.19. The Kier molecular flexibility index (Phi) is 3.45. The van der Waals surface area contributed by atoms with Crippen molar-refractivity contribution in [3.8, 4) is 6.07 Å². The summed E-state index contributed by atoms with van der Waals surface area (Å²) < 4.78 is 8.22. The number of ether oxygens (including phenoxy) is 1. The van der Waals surface area contributed by atoms with Gasteiger partial charge < -0.3 is 9.30 Å². The van der Waals surface area contributed by atoms with Gasteiger partial charge in [-0.3, -0.25) is 0 Å². The Bertz CT molecular complexity index is 668. The average molecular weight is 269 g/mol. The molecule has 0 bridgehead atoms. The molecule has 4 heteroatoms. The van der Waals surface area contributed by atoms with E-state index in [1.807, 2.05) is 18.2 Å². The van der Waals surface area contributed by atoms with Gasteiger partial charge in [-0.1, -0.05) is 6.92 Å². The minimum atomic E-state index is 0.0921. The molecule has 0 aliphatic carbocycles. The highest BCUT2D eigenvalue weighted by Gasteiger charge is 2.28. The molecule has 1 fully saturated rings. The van der Waals surface area contributed by atoms with Gasteiger partial charge in [-0.05, 0) is 44.4 Å². The van der Waals surface area contributed by atoms with Crippen molar-refractivity contribution >= 4 is 11.0 Å². The third-order valence-electron chi connectivity index (χ3n) is 3.87. The first kappa shape index (κ1) is 13.1. The fraction of sp³-hybridized carbons (Fsp3) is 0.500. The highest BCUT2D eigenvalue weighted by molar-refractivity contribution is 5.77. The molecule has 1 saturated heterocycles. The van der Waals surface area contributed by atoms with E-state index >= 15 is 0 Å². The van der Waals surface area contributed by atoms with E-state index in [9.17, 15) is 0 Å². The minimum Gasteiger partial charge on any atom is -0.367 e. The Morgan fingerprint density at radius 1 is 1.45 bits per heavy atom. The quantitative estimate of drug-likeness (QED) is 0.856. The first-order valence-electron chi connectivity index (χ1n) is 7.28. The first-order chi connectivity index (χ1) is 9.72. The lowest BCUT2D eigenvalue weighted by atomic mass is 10.2. The predicted molar refractivity (Wildman–Crippen MR) is 77.3 cm³/mol. The van der Waals surface area contributed by atoms with Crippen LogP contribution in [0.1, 0.15) is 50.6 Å². The number of fused-ring (bicyclic) bond motifs is 1. The Hall–Kier alpha value is -1.86. The van der Waals surface area contributed by atoms with Crippen molar-refractivity contribution < 1.29 is 4.74 Å². The summed E-state index contributed by atoms with van der Waals surface area (Å²) in [5.74, 6) is 1.02. The topological polar surface area (TPSA) is 50.8 Å². The molecule has 4 nitrogen and oxygen atoms in total. The van der Waals surface area contributed by atoms with Crippen molar-refractivity contribution in [2.24, 2.45) is 0 Å². The van der Waals surface area contributed by atoms with Crippen LogP contribution in [-0.4, -0.2) is 15.7 Å². The van der Waals surface area contributed by atoms with Crippen LogP contribution in [-0.2, 0) is 11.3 Å². The molecule has 0 saturated carbocycles. The number of aryl methyl sites for hydroxylation is 1. The maximum absolute atomic E-state index is 9.01. The van der Waals surface area contributed by atoms with Crippen LogP contribution in [0.15, 0.2) is 18.2 Å². The van der Waals surface area contributed by atoms with Crippen molar-refractivity contribution in [2.45, 2.75) is 51.9 Å². The van der Waals surface area contributed by atoms with Crippen LogP contribution in [0.4, 0.5) is 0 Å². The average Bonchev–Trinajstić information content (AvgIpc) is 3.03. The monoisotopic (exact) mass is 269 g/mol. The van der Waals surface area contributed by atoms with E-state index < -0.39 is 0 Å². The summed E-state index contributed by atoms with van der Waals surface area (Å²) in [7, 11) is 0. The first-order valence-corrected chi connectivity index (χ1v) is 7.28. The van der Waals surface area contributed by atoms with Crippen LogP contribution in [0.25, 0.3) is 11.0 Å². The number of nitriles is 1. The second-order valence-corrected chi connectivity index (χ2v) is 5.45. The van der Waals surface area contributed by atoms with E-state index in [1.54, 1.807) is 0 Å². The molecule has 0 radical (unpaired) electrons. The van der Waals surface area contributed by atoms with Gasteiger partial charge in [0.15, 0.2) is 0 Å². The van der Waals surface area contributed by atoms with Crippen molar-refractivity contribution in [3.05, 3.63) is 29.6 Å². The van der Waals surface area contributed by atoms with Gasteiger partial charge in [-0.15, -0.1) is 0 Å². The van der Waals surface area contributed by atoms with Crippen LogP contribution in [0.5, 0.6) is 0 Å². The maximum Gasteiger partial charge on any atom is 0.139 e. The molecule has 1 aliphatic heterocycles. The molecule has 0 N–H and O–H groups in total. The highest BCUT2D eigenvalue weighted by atomic mass is 16.5. The van der Waals surface area contributed by atoms with E-state index in [0.717, 1.165) is 42.7 Å². The number of hydrogen-bond donors (Lipinski definition) is 0. The molecule has 2 heterocycles. The SMILES string of the molecule is CCCn1c(C2CCC(C)O2)nc2cc(C#N)ccc21. The minimum absolute atomic E-state index is 0.0921. The van der Waals surface area contributed by atoms with E-state index in [-0.39, 0.29) is 6.10 Å². The Balaban J connectivity index is 2.10. The zero-order valence-electron chi connectivity index (χ0n) is 12.0. The summed E-state index contributed by atoms with van der Waals surface area (Å²) >= 11 is 0. The van der Waals surface area contributed by atoms with Gasteiger partial charge in [0.25, 0.3) is 0 Å². The van der Waals surface area contributed by atoms with Crippen molar-refractivity contribution in [1.82, 2.24) is 9.55 Å². The van der Waals surface area contributed by atoms with Gasteiger partial charge in [0.2, 0.25) is 0 Å². The molecule has 0 spiro atoms. The molecule has 3 rings (SSSR count). The van der Waals surface area contributed by atoms with E-state index in [0.29, 0.717) is 11.7 Å². The number of benzene rings is 1. The molecule has 0 amide bonds. The number of hydrogen-bond acceptors (Lipinski definition) is 3. The molecule has 2 unspecified atom stereocenters. The fourth-order valence-corrected chi connectivity index (χ4v) is 2.91. The van der Waals surface area contributed by atoms with Gasteiger partial charge in [-0.2, -0.15) is 5.26 Å². The summed E-state index contributed by atoms with van der Waals surface area (Å²) in [6.45, 7) is 5.21. The lowest BCUT2D eigenvalue weighted by Crippen LogP contribution is -2.09. The molecule has 1 aromatic heterocycles. The maximum atomic E-state index is 9.01. The number of imidazole rings is 1. The number of nitrogens with zero attached hydrogens (tertiary/aromatic N) is 3. The van der Waals surface area contributed by atoms with E-state index in [2.05, 4.69) is 24.5 Å². The normalized spacial score (nSPS) is 22.2. The smallest absolute Gasteiger partial charge is 0.139 e. The lowest BCUT2D eigenvalue weighted by molar-refractivity contribution is 0.0484. The van der Waals surface area contributed by atoms with Gasteiger partial charge in [-0.25, -0.2) is 4.98 Å². The standard InChI is InChI=1S/C16H19N3O/c1-3-8-19-14-6-5-12(10-17)9-13(14)18-16(19)15-7-4-11(2)20-15/h5-6,9,11,15H,3-4,7-8H2,1-2H3. The predicted octanol–water partition coefficient (Wildman–Crippen LogP) is 3.56. The third-order valence-corrected chi connectivity index (χ3v) is 3.87. The molecule has 20 heavy (non-hydrogen) atoms. The van der Waals surface area contributed by atoms with Crippen LogP contribution in [0, 0.1) is 11.3 Å². The molecular weight excluding hydrogens is 250 g/mol. The van der Waals surface area contributed by atoms with Crippen LogP contribution in [0.3, 0.4) is 0 Å². The molecule has 1 aromatic carbocycles. The van der Waals surface area contributed by atoms with Crippen molar-refractivity contribution in [1.29, 1.82) is 5.26 Å². The molecule has 2 atom stereocenters. The number of aromatic nitrogens is 2. The Morgan fingerprint density at radius 3 is 2.95 bits per heavy atom. The summed E-state index contributed by atoms with van der Waals surface area (Å²) in [5, 5.41) is 9.01. The number of rotatable bonds is 3. The van der Waals surface area contributed by atoms with Gasteiger partial charge in [0.1, 0.15) is 11.9 Å². The van der Waals surface area contributed by atoms with Gasteiger partial charge in [0.05, 0.1) is 28.8 Å². The highest BCUT2D eigenvalue weighted by Crippen LogP contribution is 2.34. The zero-order chi connectivity index (χ0) is 14.1. The summed E-state index contributed by atoms with van der Waals surface area (Å²) in [5.41, 5.74) is 2.66. The van der Waals surface area contributed by atoms with Crippen LogP contribution in [0.2, 0.25) is 0 Å². The van der Waals surface area contributed by atoms with Crippen molar-refractivity contribution in [2.75, 3.05) is 0 Å². The van der Waals surface area contributed by atoms with E-state index in [1.165, 1.54) is 0 Å². The summed E-state index contributed by atoms with van der Waals surface area (Å²) in [6.07, 6.45) is 3.57. The zero-order valence-corrected chi connectivity index (χ0v) is 12.0. The Labute approximate surface area is 119 Å². The molecule has 104 valence electrons. The summed E-state index contributed by atoms with van der Waals surface area (Å²) in [6, 6.07) is 7.90. The largest absolute Gasteiger partial charge is 0.367 e. The van der Waals surface area contributed by atoms with Crippen molar-refractivity contribution in [3.63, 3.8) is 0 Å². The van der Waals surface area contributed by atoms with Gasteiger partial charge >= 0.3 is 0 Å². The second kappa shape index (κ2) is 5.26. The van der Waals surface area contributed by atoms with Crippen LogP contribution < -0.4 is 0 Å². The molecular formula is C16H19N3O. The Morgan fingerprint density at radius 2 is 2.30 bits per heavy atom. The lowest BCUT2D eigenvalue weighted by Gasteiger charge is -2.13. The molecule has 1 aliphatic rings. The van der Waals surface area contributed by atoms with E-state index in [4.69, 9.17) is 15.0 Å². The fourth-order valence-electron chi connectivity index (χ4n) is 2.91. The van der Waals surface area contributed by atoms with Crippen LogP contribution >= 0.6 is 0 Å². The summed E-state index contributed by atoms with van der Waals surface area (Å²) in [4.78, 5) is 4.74. The second-order valence-electron chi connectivity index (χ2n) is 5.45. The molecule has 2 aromatic rings.